The molecule has 4 aromatic rings. The maximum absolute atomic E-state index is 5.67. The van der Waals surface area contributed by atoms with Crippen LogP contribution in [0.5, 0.6) is 11.5 Å². The number of ether oxygens (including phenoxy) is 2. The molecule has 3 aromatic carbocycles. The lowest BCUT2D eigenvalue weighted by Crippen LogP contribution is -2.15. The summed E-state index contributed by atoms with van der Waals surface area (Å²) in [4.78, 5) is 0. The van der Waals surface area contributed by atoms with E-state index in [0.29, 0.717) is 19.0 Å². The Bertz CT molecular complexity index is 1110. The average molecular weight is 355 g/mol. The maximum Gasteiger partial charge on any atom is 0.163 e. The van der Waals surface area contributed by atoms with Gasteiger partial charge < -0.3 is 14.8 Å². The molecule has 27 heavy (non-hydrogen) atoms. The van der Waals surface area contributed by atoms with Crippen LogP contribution in [0, 0.1) is 0 Å². The van der Waals surface area contributed by atoms with Gasteiger partial charge in [-0.3, -0.25) is 0 Å². The van der Waals surface area contributed by atoms with Gasteiger partial charge in [0.25, 0.3) is 0 Å². The third-order valence-corrected chi connectivity index (χ3v) is 4.54. The van der Waals surface area contributed by atoms with E-state index in [1.807, 2.05) is 60.7 Å². The molecule has 0 bridgehead atoms. The number of hydrogen-bond acceptors (Lipinski definition) is 5. The minimum atomic E-state index is 0.560. The number of nitrogens with zero attached hydrogens (tertiary/aromatic N) is 2. The largest absolute Gasteiger partial charge is 0.486 e. The molecule has 0 fully saturated rings. The third-order valence-electron chi connectivity index (χ3n) is 4.54. The number of rotatable bonds is 3. The molecular formula is C22H17N3O2. The van der Waals surface area contributed by atoms with E-state index >= 15 is 0 Å². The molecule has 1 N–H and O–H groups in total. The van der Waals surface area contributed by atoms with Gasteiger partial charge in [-0.05, 0) is 12.1 Å². The topological polar surface area (TPSA) is 56.3 Å². The molecule has 5 nitrogen and oxygen atoms in total. The van der Waals surface area contributed by atoms with Crippen molar-refractivity contribution in [3.8, 4) is 22.8 Å². The maximum atomic E-state index is 5.67. The highest BCUT2D eigenvalue weighted by Gasteiger charge is 2.14. The fourth-order valence-corrected chi connectivity index (χ4v) is 3.26. The van der Waals surface area contributed by atoms with Gasteiger partial charge in [-0.1, -0.05) is 54.6 Å². The second-order valence-corrected chi connectivity index (χ2v) is 6.29. The van der Waals surface area contributed by atoms with Crippen molar-refractivity contribution in [3.63, 3.8) is 0 Å². The van der Waals surface area contributed by atoms with E-state index in [4.69, 9.17) is 9.47 Å². The number of hydrogen-bond donors (Lipinski definition) is 1. The highest BCUT2D eigenvalue weighted by atomic mass is 16.6. The molecule has 1 aliphatic rings. The second kappa shape index (κ2) is 6.61. The summed E-state index contributed by atoms with van der Waals surface area (Å²) in [6.07, 6.45) is 0. The van der Waals surface area contributed by atoms with Gasteiger partial charge in [0.1, 0.15) is 18.9 Å². The quantitative estimate of drug-likeness (QED) is 0.571. The van der Waals surface area contributed by atoms with Gasteiger partial charge in [0.05, 0.1) is 0 Å². The Morgan fingerprint density at radius 3 is 2.30 bits per heavy atom. The lowest BCUT2D eigenvalue weighted by molar-refractivity contribution is 0.171. The summed E-state index contributed by atoms with van der Waals surface area (Å²) in [5.41, 5.74) is 2.80. The fourth-order valence-electron chi connectivity index (χ4n) is 3.26. The summed E-state index contributed by atoms with van der Waals surface area (Å²) >= 11 is 0. The van der Waals surface area contributed by atoms with Gasteiger partial charge >= 0.3 is 0 Å². The summed E-state index contributed by atoms with van der Waals surface area (Å²) in [7, 11) is 0. The molecule has 0 atom stereocenters. The summed E-state index contributed by atoms with van der Waals surface area (Å²) < 4.78 is 11.2. The molecule has 2 heterocycles. The van der Waals surface area contributed by atoms with Crippen LogP contribution in [-0.2, 0) is 0 Å². The van der Waals surface area contributed by atoms with E-state index in [-0.39, 0.29) is 0 Å². The Morgan fingerprint density at radius 1 is 0.704 bits per heavy atom. The Kier molecular flexibility index (Phi) is 3.83. The molecule has 132 valence electrons. The zero-order valence-electron chi connectivity index (χ0n) is 14.6. The molecule has 0 radical (unpaired) electrons. The normalized spacial score (nSPS) is 12.7. The van der Waals surface area contributed by atoms with Gasteiger partial charge in [-0.25, -0.2) is 0 Å². The number of fused-ring (bicyclic) bond motifs is 2. The predicted molar refractivity (Wildman–Crippen MR) is 106 cm³/mol. The lowest BCUT2D eigenvalue weighted by Gasteiger charge is -2.19. The van der Waals surface area contributed by atoms with Gasteiger partial charge in [0.2, 0.25) is 0 Å². The van der Waals surface area contributed by atoms with Crippen LogP contribution in [0.4, 0.5) is 11.5 Å². The molecule has 0 unspecified atom stereocenters. The standard InChI is InChI=1S/C22H17N3O2/c1-2-6-15(7-3-1)21-17-8-4-5-9-18(17)22(25-24-21)23-16-10-11-19-20(14-16)27-13-12-26-19/h1-11,14H,12-13H2,(H,23,25). The summed E-state index contributed by atoms with van der Waals surface area (Å²) in [6, 6.07) is 24.0. The van der Waals surface area contributed by atoms with Crippen molar-refractivity contribution in [2.24, 2.45) is 0 Å². The van der Waals surface area contributed by atoms with E-state index in [1.54, 1.807) is 0 Å². The summed E-state index contributed by atoms with van der Waals surface area (Å²) in [5, 5.41) is 14.4. The van der Waals surface area contributed by atoms with Gasteiger partial charge in [0.15, 0.2) is 17.3 Å². The number of anilines is 2. The number of benzene rings is 3. The zero-order chi connectivity index (χ0) is 18.1. The van der Waals surface area contributed by atoms with Crippen LogP contribution >= 0.6 is 0 Å². The second-order valence-electron chi connectivity index (χ2n) is 6.29. The smallest absolute Gasteiger partial charge is 0.163 e. The Hall–Kier alpha value is -3.60. The molecule has 5 heteroatoms. The molecule has 1 aliphatic heterocycles. The molecular weight excluding hydrogens is 338 g/mol. The van der Waals surface area contributed by atoms with Gasteiger partial charge in [-0.15, -0.1) is 10.2 Å². The monoisotopic (exact) mass is 355 g/mol. The van der Waals surface area contributed by atoms with Crippen molar-refractivity contribution in [2.75, 3.05) is 18.5 Å². The first-order chi connectivity index (χ1) is 13.4. The van der Waals surface area contributed by atoms with E-state index < -0.39 is 0 Å². The molecule has 5 rings (SSSR count). The first kappa shape index (κ1) is 15.6. The van der Waals surface area contributed by atoms with Crippen LogP contribution in [0.25, 0.3) is 22.0 Å². The van der Waals surface area contributed by atoms with Crippen LogP contribution in [0.3, 0.4) is 0 Å². The van der Waals surface area contributed by atoms with Crippen molar-refractivity contribution < 1.29 is 9.47 Å². The molecule has 1 aromatic heterocycles. The van der Waals surface area contributed by atoms with E-state index in [2.05, 4.69) is 27.6 Å². The van der Waals surface area contributed by atoms with E-state index in [0.717, 1.165) is 39.2 Å². The first-order valence-electron chi connectivity index (χ1n) is 8.86. The Morgan fingerprint density at radius 2 is 1.44 bits per heavy atom. The zero-order valence-corrected chi connectivity index (χ0v) is 14.6. The van der Waals surface area contributed by atoms with Crippen molar-refractivity contribution >= 4 is 22.3 Å². The number of nitrogens with one attached hydrogen (secondary N) is 1. The summed E-state index contributed by atoms with van der Waals surface area (Å²) in [6.45, 7) is 1.14. The first-order valence-corrected chi connectivity index (χ1v) is 8.86. The predicted octanol–water partition coefficient (Wildman–Crippen LogP) is 4.81. The SMILES string of the molecule is c1ccc(-c2nnc(Nc3ccc4c(c3)OCCO4)c3ccccc23)cc1. The fraction of sp³-hybridized carbons (Fsp3) is 0.0909. The van der Waals surface area contributed by atoms with Crippen molar-refractivity contribution in [3.05, 3.63) is 72.8 Å². The van der Waals surface area contributed by atoms with Gasteiger partial charge in [-0.2, -0.15) is 0 Å². The summed E-state index contributed by atoms with van der Waals surface area (Å²) in [5.74, 6) is 2.22. The number of aromatic nitrogens is 2. The molecule has 0 aliphatic carbocycles. The molecule has 0 amide bonds. The Labute approximate surface area is 156 Å². The molecule has 0 saturated heterocycles. The van der Waals surface area contributed by atoms with Gasteiger partial charge in [0, 0.05) is 28.1 Å². The van der Waals surface area contributed by atoms with Crippen molar-refractivity contribution in [1.29, 1.82) is 0 Å². The van der Waals surface area contributed by atoms with Crippen LogP contribution in [-0.4, -0.2) is 23.4 Å². The molecule has 0 saturated carbocycles. The highest BCUT2D eigenvalue weighted by Crippen LogP contribution is 2.35. The minimum absolute atomic E-state index is 0.560. The van der Waals surface area contributed by atoms with Crippen LogP contribution in [0.15, 0.2) is 72.8 Å². The van der Waals surface area contributed by atoms with Crippen LogP contribution in [0.2, 0.25) is 0 Å². The lowest BCUT2D eigenvalue weighted by atomic mass is 10.0. The van der Waals surface area contributed by atoms with Crippen molar-refractivity contribution in [2.45, 2.75) is 0 Å². The molecule has 0 spiro atoms. The van der Waals surface area contributed by atoms with E-state index in [9.17, 15) is 0 Å². The highest BCUT2D eigenvalue weighted by molar-refractivity contribution is 6.00. The average Bonchev–Trinajstić information content (AvgIpc) is 2.74. The van der Waals surface area contributed by atoms with Crippen LogP contribution < -0.4 is 14.8 Å². The van der Waals surface area contributed by atoms with E-state index in [1.165, 1.54) is 0 Å². The van der Waals surface area contributed by atoms with Crippen LogP contribution in [0.1, 0.15) is 0 Å². The minimum Gasteiger partial charge on any atom is -0.486 e. The Balaban J connectivity index is 1.57. The van der Waals surface area contributed by atoms with Crippen molar-refractivity contribution in [1.82, 2.24) is 10.2 Å². The third kappa shape index (κ3) is 2.93.